The number of carbonyl (C=O) groups is 1. The third-order valence-electron chi connectivity index (χ3n) is 6.67. The fourth-order valence-corrected chi connectivity index (χ4v) is 4.80. The summed E-state index contributed by atoms with van der Waals surface area (Å²) in [6, 6.07) is 4.33. The number of amides is 1. The van der Waals surface area contributed by atoms with Crippen molar-refractivity contribution in [2.75, 3.05) is 38.6 Å². The molecule has 0 aliphatic carbocycles. The number of pyridine rings is 2. The van der Waals surface area contributed by atoms with Gasteiger partial charge in [-0.3, -0.25) is 4.79 Å². The van der Waals surface area contributed by atoms with Crippen LogP contribution >= 0.6 is 0 Å². The predicted molar refractivity (Wildman–Crippen MR) is 134 cm³/mol. The van der Waals surface area contributed by atoms with Gasteiger partial charge >= 0.3 is 0 Å². The summed E-state index contributed by atoms with van der Waals surface area (Å²) in [5.74, 6) is 1.29. The zero-order valence-electron chi connectivity index (χ0n) is 20.7. The van der Waals surface area contributed by atoms with Crippen molar-refractivity contribution in [2.24, 2.45) is 0 Å². The predicted octanol–water partition coefficient (Wildman–Crippen LogP) is 2.88. The molecule has 1 saturated heterocycles. The minimum Gasteiger partial charge on any atom is -0.353 e. The Morgan fingerprint density at radius 1 is 1.24 bits per heavy atom. The monoisotopic (exact) mass is 460 g/mol. The first-order chi connectivity index (χ1) is 16.2. The van der Waals surface area contributed by atoms with Crippen molar-refractivity contribution in [1.82, 2.24) is 34.8 Å². The van der Waals surface area contributed by atoms with Gasteiger partial charge in [-0.05, 0) is 57.1 Å². The molecule has 2 N–H and O–H groups in total. The van der Waals surface area contributed by atoms with E-state index in [-0.39, 0.29) is 17.9 Å². The first-order valence-electron chi connectivity index (χ1n) is 11.7. The Morgan fingerprint density at radius 3 is 2.71 bits per heavy atom. The van der Waals surface area contributed by atoms with Gasteiger partial charge in [0.05, 0.1) is 29.3 Å². The number of nitrogens with one attached hydrogen (secondary N) is 2. The fourth-order valence-electron chi connectivity index (χ4n) is 4.80. The van der Waals surface area contributed by atoms with Crippen LogP contribution in [0.3, 0.4) is 0 Å². The third-order valence-corrected chi connectivity index (χ3v) is 6.67. The number of anilines is 1. The number of aromatic nitrogens is 5. The Balaban J connectivity index is 1.47. The molecule has 178 valence electrons. The van der Waals surface area contributed by atoms with E-state index in [4.69, 9.17) is 4.98 Å². The molecule has 0 radical (unpaired) electrons. The lowest BCUT2D eigenvalue weighted by molar-refractivity contribution is -0.122. The van der Waals surface area contributed by atoms with Gasteiger partial charge in [0.25, 0.3) is 0 Å². The number of hydrogen-bond donors (Lipinski definition) is 2. The minimum atomic E-state index is 0.0606. The van der Waals surface area contributed by atoms with Gasteiger partial charge in [0.1, 0.15) is 12.1 Å². The maximum atomic E-state index is 12.0. The highest BCUT2D eigenvalue weighted by Gasteiger charge is 2.30. The van der Waals surface area contributed by atoms with E-state index in [0.29, 0.717) is 6.54 Å². The largest absolute Gasteiger partial charge is 0.353 e. The molecule has 0 atom stereocenters. The van der Waals surface area contributed by atoms with E-state index in [1.165, 1.54) is 11.1 Å². The van der Waals surface area contributed by atoms with Crippen LogP contribution in [0.1, 0.15) is 36.5 Å². The summed E-state index contributed by atoms with van der Waals surface area (Å²) in [4.78, 5) is 29.2. The molecule has 5 heterocycles. The molecule has 0 saturated carbocycles. The standard InChI is InChI=1S/C25H32N8O/c1-14(2)22-23(18-11-33-25(26-13-27-33)16(4)15(18)3)29-19-7-8-20(30-24(19)22)32-9-17(10-32)28-21(34)12-31(5)6/h7-8,11,13-14,17,29H,9-10,12H2,1-6H3,(H,28,34). The molecule has 0 unspecified atom stereocenters. The SMILES string of the molecule is Cc1c(-c2[nH]c3ccc(N4CC(NC(=O)CN(C)C)C4)nc3c2C(C)C)cn2ncnc2c1C. The van der Waals surface area contributed by atoms with E-state index in [1.807, 2.05) is 23.5 Å². The van der Waals surface area contributed by atoms with Crippen molar-refractivity contribution in [3.05, 3.63) is 41.3 Å². The number of nitrogens with zero attached hydrogens (tertiary/aromatic N) is 6. The minimum absolute atomic E-state index is 0.0606. The lowest BCUT2D eigenvalue weighted by Crippen LogP contribution is -2.60. The molecular weight excluding hydrogens is 428 g/mol. The van der Waals surface area contributed by atoms with Gasteiger partial charge in [0.2, 0.25) is 5.91 Å². The molecule has 1 aliphatic heterocycles. The quantitative estimate of drug-likeness (QED) is 0.460. The molecule has 1 amide bonds. The van der Waals surface area contributed by atoms with Gasteiger partial charge in [-0.15, -0.1) is 0 Å². The average Bonchev–Trinajstić information content (AvgIpc) is 3.36. The second-order valence-electron chi connectivity index (χ2n) is 9.86. The van der Waals surface area contributed by atoms with Crippen LogP contribution in [0, 0.1) is 13.8 Å². The van der Waals surface area contributed by atoms with E-state index in [1.54, 1.807) is 6.33 Å². The van der Waals surface area contributed by atoms with Gasteiger partial charge in [0, 0.05) is 30.4 Å². The van der Waals surface area contributed by atoms with E-state index >= 15 is 0 Å². The van der Waals surface area contributed by atoms with Gasteiger partial charge in [-0.2, -0.15) is 5.10 Å². The van der Waals surface area contributed by atoms with E-state index in [0.717, 1.165) is 52.4 Å². The molecule has 1 fully saturated rings. The molecule has 0 bridgehead atoms. The highest BCUT2D eigenvalue weighted by Crippen LogP contribution is 2.38. The molecule has 34 heavy (non-hydrogen) atoms. The van der Waals surface area contributed by atoms with Crippen molar-refractivity contribution in [1.29, 1.82) is 0 Å². The smallest absolute Gasteiger partial charge is 0.234 e. The van der Waals surface area contributed by atoms with Crippen molar-refractivity contribution in [2.45, 2.75) is 39.7 Å². The Kier molecular flexibility index (Phi) is 5.51. The molecule has 5 rings (SSSR count). The Bertz CT molecular complexity index is 1380. The first-order valence-corrected chi connectivity index (χ1v) is 11.7. The number of H-pyrrole nitrogens is 1. The molecule has 4 aromatic rings. The summed E-state index contributed by atoms with van der Waals surface area (Å²) < 4.78 is 1.84. The van der Waals surface area contributed by atoms with Crippen LogP contribution in [0.2, 0.25) is 0 Å². The van der Waals surface area contributed by atoms with Gasteiger partial charge < -0.3 is 20.1 Å². The Hall–Kier alpha value is -3.46. The normalized spacial score (nSPS) is 14.5. The second-order valence-corrected chi connectivity index (χ2v) is 9.86. The summed E-state index contributed by atoms with van der Waals surface area (Å²) in [6.07, 6.45) is 3.65. The number of carbonyl (C=O) groups excluding carboxylic acids is 1. The van der Waals surface area contributed by atoms with Gasteiger partial charge in [-0.1, -0.05) is 13.8 Å². The highest BCUT2D eigenvalue weighted by atomic mass is 16.2. The summed E-state index contributed by atoms with van der Waals surface area (Å²) in [6.45, 7) is 10.6. The Morgan fingerprint density at radius 2 is 2.00 bits per heavy atom. The first kappa shape index (κ1) is 22.3. The number of aryl methyl sites for hydroxylation is 1. The second kappa shape index (κ2) is 8.39. The van der Waals surface area contributed by atoms with Gasteiger partial charge in [-0.25, -0.2) is 14.5 Å². The van der Waals surface area contributed by atoms with Crippen LogP contribution < -0.4 is 10.2 Å². The van der Waals surface area contributed by atoms with Crippen molar-refractivity contribution < 1.29 is 4.79 Å². The number of fused-ring (bicyclic) bond motifs is 2. The van der Waals surface area contributed by atoms with Crippen LogP contribution in [0.25, 0.3) is 27.9 Å². The zero-order chi connectivity index (χ0) is 24.1. The lowest BCUT2D eigenvalue weighted by Gasteiger charge is -2.40. The molecule has 0 spiro atoms. The van der Waals surface area contributed by atoms with Crippen LogP contribution in [-0.2, 0) is 4.79 Å². The van der Waals surface area contributed by atoms with Crippen LogP contribution in [0.5, 0.6) is 0 Å². The lowest BCUT2D eigenvalue weighted by atomic mass is 9.95. The number of rotatable bonds is 6. The third kappa shape index (κ3) is 3.79. The van der Waals surface area contributed by atoms with E-state index < -0.39 is 0 Å². The van der Waals surface area contributed by atoms with Crippen LogP contribution in [-0.4, -0.2) is 75.1 Å². The summed E-state index contributed by atoms with van der Waals surface area (Å²) >= 11 is 0. The fraction of sp³-hybridized carbons (Fsp3) is 0.440. The van der Waals surface area contributed by atoms with Crippen molar-refractivity contribution in [3.8, 4) is 11.3 Å². The molecular formula is C25H32N8O. The van der Waals surface area contributed by atoms with Crippen LogP contribution in [0.4, 0.5) is 5.82 Å². The van der Waals surface area contributed by atoms with Crippen molar-refractivity contribution >= 4 is 28.4 Å². The average molecular weight is 461 g/mol. The summed E-state index contributed by atoms with van der Waals surface area (Å²) in [5.41, 5.74) is 8.63. The summed E-state index contributed by atoms with van der Waals surface area (Å²) in [5, 5.41) is 7.47. The number of likely N-dealkylation sites (N-methyl/N-ethyl adjacent to an activating group) is 1. The summed E-state index contributed by atoms with van der Waals surface area (Å²) in [7, 11) is 3.80. The molecule has 9 heteroatoms. The molecule has 0 aromatic carbocycles. The van der Waals surface area contributed by atoms with Crippen LogP contribution in [0.15, 0.2) is 24.7 Å². The maximum absolute atomic E-state index is 12.0. The van der Waals surface area contributed by atoms with Gasteiger partial charge in [0.15, 0.2) is 5.65 Å². The van der Waals surface area contributed by atoms with Crippen molar-refractivity contribution in [3.63, 3.8) is 0 Å². The number of aromatic amines is 1. The zero-order valence-corrected chi connectivity index (χ0v) is 20.7. The highest BCUT2D eigenvalue weighted by molar-refractivity contribution is 5.90. The number of hydrogen-bond acceptors (Lipinski definition) is 6. The maximum Gasteiger partial charge on any atom is 0.234 e. The molecule has 1 aliphatic rings. The van der Waals surface area contributed by atoms with E-state index in [9.17, 15) is 4.79 Å². The molecule has 9 nitrogen and oxygen atoms in total. The van der Waals surface area contributed by atoms with E-state index in [2.05, 4.69) is 71.3 Å². The molecule has 4 aromatic heterocycles. The topological polar surface area (TPSA) is 94.5 Å². The Labute approximate surface area is 199 Å².